The van der Waals surface area contributed by atoms with Gasteiger partial charge in [0.1, 0.15) is 21.2 Å². The molecule has 1 heterocycles. The van der Waals surface area contributed by atoms with Crippen molar-refractivity contribution in [1.29, 1.82) is 0 Å². The molecule has 0 atom stereocenters. The molecule has 0 fully saturated rings. The Morgan fingerprint density at radius 3 is 2.27 bits per heavy atom. The second-order valence-corrected chi connectivity index (χ2v) is 11.8. The van der Waals surface area contributed by atoms with Crippen molar-refractivity contribution in [3.63, 3.8) is 0 Å². The summed E-state index contributed by atoms with van der Waals surface area (Å²) in [4.78, 5) is 11.4. The van der Waals surface area contributed by atoms with Crippen LogP contribution in [0, 0.1) is 10.1 Å². The van der Waals surface area contributed by atoms with Gasteiger partial charge in [0.25, 0.3) is 25.7 Å². The molecule has 30 heavy (non-hydrogen) atoms. The zero-order chi connectivity index (χ0) is 22.6. The minimum absolute atomic E-state index is 0.157. The highest BCUT2D eigenvalue weighted by Crippen LogP contribution is 2.38. The van der Waals surface area contributed by atoms with Crippen LogP contribution in [0.25, 0.3) is 0 Å². The maximum atomic E-state index is 12.9. The van der Waals surface area contributed by atoms with Crippen LogP contribution in [0.1, 0.15) is 0 Å². The number of nitro benzene ring substituents is 1. The molecule has 0 unspecified atom stereocenters. The van der Waals surface area contributed by atoms with E-state index in [-0.39, 0.29) is 14.4 Å². The molecular weight excluding hydrogens is 507 g/mol. The van der Waals surface area contributed by atoms with Crippen molar-refractivity contribution >= 4 is 71.0 Å². The highest BCUT2D eigenvalue weighted by molar-refractivity contribution is 8.05. The predicted octanol–water partition coefficient (Wildman–Crippen LogP) is 1.60. The second-order valence-electron chi connectivity index (χ2n) is 5.65. The number of primary sulfonamides is 1. The number of rotatable bonds is 4. The van der Waals surface area contributed by atoms with Crippen molar-refractivity contribution in [2.45, 2.75) is 14.7 Å². The Bertz CT molecular complexity index is 1450. The molecule has 0 amide bonds. The standard InChI is InChI=1S/C13H8Cl2N4O8S3/c14-8-2-1-7(3-11(8)19(20)21)29(24,25)18-6-17-10-4-9(15)12(28(16,22)23)5-13(10)30(18,26)27/h1-6H,(H2,16,22,23). The Labute approximate surface area is 179 Å². The van der Waals surface area contributed by atoms with E-state index in [2.05, 4.69) is 4.99 Å². The van der Waals surface area contributed by atoms with E-state index in [0.29, 0.717) is 18.5 Å². The van der Waals surface area contributed by atoms with Crippen LogP contribution in [0.15, 0.2) is 50.0 Å². The SMILES string of the molecule is NS(=O)(=O)c1cc2c(cc1Cl)N=CN(S(=O)(=O)c1ccc(Cl)c([N+](=O)[O-])c1)S2(=O)=O. The highest BCUT2D eigenvalue weighted by Gasteiger charge is 2.40. The summed E-state index contributed by atoms with van der Waals surface area (Å²) in [7, 11) is -14.3. The third-order valence-electron chi connectivity index (χ3n) is 3.77. The fraction of sp³-hybridized carbons (Fsp3) is 0. The molecule has 3 rings (SSSR count). The number of fused-ring (bicyclic) bond motifs is 1. The van der Waals surface area contributed by atoms with Crippen molar-refractivity contribution in [3.8, 4) is 0 Å². The fourth-order valence-corrected chi connectivity index (χ4v) is 7.18. The first-order valence-corrected chi connectivity index (χ1v) is 12.5. The van der Waals surface area contributed by atoms with Gasteiger partial charge in [0.2, 0.25) is 10.0 Å². The number of hydrogen-bond acceptors (Lipinski definition) is 9. The van der Waals surface area contributed by atoms with E-state index in [9.17, 15) is 35.4 Å². The Hall–Kier alpha value is -2.30. The van der Waals surface area contributed by atoms with Gasteiger partial charge in [0, 0.05) is 6.07 Å². The van der Waals surface area contributed by atoms with Gasteiger partial charge in [-0.3, -0.25) is 10.1 Å². The van der Waals surface area contributed by atoms with Gasteiger partial charge in [-0.25, -0.2) is 18.5 Å². The normalized spacial score (nSPS) is 15.6. The third kappa shape index (κ3) is 3.63. The Morgan fingerprint density at radius 2 is 1.70 bits per heavy atom. The minimum Gasteiger partial charge on any atom is -0.258 e. The number of benzene rings is 2. The zero-order valence-corrected chi connectivity index (χ0v) is 18.1. The van der Waals surface area contributed by atoms with Crippen molar-refractivity contribution < 1.29 is 30.2 Å². The van der Waals surface area contributed by atoms with Crippen LogP contribution < -0.4 is 5.14 Å². The van der Waals surface area contributed by atoms with Gasteiger partial charge in [0.05, 0.1) is 20.5 Å². The van der Waals surface area contributed by atoms with Gasteiger partial charge in [-0.1, -0.05) is 23.2 Å². The van der Waals surface area contributed by atoms with E-state index in [4.69, 9.17) is 28.3 Å². The maximum absolute atomic E-state index is 12.9. The van der Waals surface area contributed by atoms with E-state index >= 15 is 0 Å². The van der Waals surface area contributed by atoms with E-state index in [0.717, 1.165) is 18.2 Å². The Kier molecular flexibility index (Phi) is 5.33. The van der Waals surface area contributed by atoms with Crippen molar-refractivity contribution in [2.24, 2.45) is 10.1 Å². The summed E-state index contributed by atoms with van der Waals surface area (Å²) in [6.45, 7) is 0. The van der Waals surface area contributed by atoms with Crippen LogP contribution in [-0.4, -0.2) is 40.2 Å². The molecule has 2 aromatic rings. The number of nitrogens with zero attached hydrogens (tertiary/aromatic N) is 3. The molecule has 0 aromatic heterocycles. The first kappa shape index (κ1) is 22.4. The lowest BCUT2D eigenvalue weighted by atomic mass is 10.3. The number of nitro groups is 1. The van der Waals surface area contributed by atoms with Crippen LogP contribution in [0.4, 0.5) is 11.4 Å². The maximum Gasteiger partial charge on any atom is 0.289 e. The lowest BCUT2D eigenvalue weighted by Gasteiger charge is -2.24. The molecule has 2 aromatic carbocycles. The van der Waals surface area contributed by atoms with Crippen LogP contribution in [0.5, 0.6) is 0 Å². The molecular formula is C13H8Cl2N4O8S3. The quantitative estimate of drug-likeness (QED) is 0.469. The zero-order valence-electron chi connectivity index (χ0n) is 14.1. The summed E-state index contributed by atoms with van der Waals surface area (Å²) < 4.78 is 74.7. The first-order valence-electron chi connectivity index (χ1n) is 7.31. The summed E-state index contributed by atoms with van der Waals surface area (Å²) in [5.74, 6) is 0. The highest BCUT2D eigenvalue weighted by atomic mass is 35.5. The molecule has 17 heteroatoms. The number of sulfonamides is 3. The largest absolute Gasteiger partial charge is 0.289 e. The summed E-state index contributed by atoms with van der Waals surface area (Å²) in [5, 5.41) is 15.2. The molecule has 2 N–H and O–H groups in total. The average molecular weight is 515 g/mol. The minimum atomic E-state index is -4.92. The van der Waals surface area contributed by atoms with E-state index in [1.54, 1.807) is 0 Å². The molecule has 0 radical (unpaired) electrons. The van der Waals surface area contributed by atoms with Crippen molar-refractivity contribution in [3.05, 3.63) is 50.5 Å². The lowest BCUT2D eigenvalue weighted by molar-refractivity contribution is -0.384. The summed E-state index contributed by atoms with van der Waals surface area (Å²) in [6, 6.07) is 3.82. The fourth-order valence-electron chi connectivity index (χ4n) is 2.41. The van der Waals surface area contributed by atoms with E-state index < -0.39 is 60.4 Å². The smallest absolute Gasteiger partial charge is 0.258 e. The number of halogens is 2. The molecule has 0 saturated carbocycles. The van der Waals surface area contributed by atoms with Crippen LogP contribution in [-0.2, 0) is 30.1 Å². The van der Waals surface area contributed by atoms with Crippen molar-refractivity contribution in [1.82, 2.24) is 3.71 Å². The predicted molar refractivity (Wildman–Crippen MR) is 105 cm³/mol. The number of hydrogen-bond donors (Lipinski definition) is 1. The lowest BCUT2D eigenvalue weighted by Crippen LogP contribution is -2.37. The Morgan fingerprint density at radius 1 is 1.07 bits per heavy atom. The van der Waals surface area contributed by atoms with E-state index in [1.807, 2.05) is 0 Å². The van der Waals surface area contributed by atoms with Crippen LogP contribution >= 0.6 is 23.2 Å². The van der Waals surface area contributed by atoms with Gasteiger partial charge >= 0.3 is 0 Å². The summed E-state index contributed by atoms with van der Waals surface area (Å²) >= 11 is 11.4. The van der Waals surface area contributed by atoms with Gasteiger partial charge < -0.3 is 0 Å². The molecule has 12 nitrogen and oxygen atoms in total. The van der Waals surface area contributed by atoms with Crippen LogP contribution in [0.2, 0.25) is 10.0 Å². The van der Waals surface area contributed by atoms with E-state index in [1.165, 1.54) is 0 Å². The monoisotopic (exact) mass is 514 g/mol. The molecule has 0 saturated heterocycles. The molecule has 160 valence electrons. The summed E-state index contributed by atoms with van der Waals surface area (Å²) in [6.07, 6.45) is 0.445. The molecule has 0 spiro atoms. The second kappa shape index (κ2) is 7.14. The van der Waals surface area contributed by atoms with Gasteiger partial charge in [-0.05, 0) is 24.3 Å². The molecule has 0 bridgehead atoms. The topological polar surface area (TPSA) is 187 Å². The van der Waals surface area contributed by atoms with Gasteiger partial charge in [-0.2, -0.15) is 16.8 Å². The van der Waals surface area contributed by atoms with Gasteiger partial charge in [0.15, 0.2) is 0 Å². The molecule has 0 aliphatic carbocycles. The third-order valence-corrected chi connectivity index (χ3v) is 9.52. The Balaban J connectivity index is 2.22. The van der Waals surface area contributed by atoms with Crippen molar-refractivity contribution in [2.75, 3.05) is 0 Å². The number of aliphatic imine (C=N–C) groups is 1. The molecule has 1 aliphatic heterocycles. The summed E-state index contributed by atoms with van der Waals surface area (Å²) in [5.41, 5.74) is -1.10. The first-order chi connectivity index (χ1) is 13.7. The number of nitrogens with two attached hydrogens (primary N) is 1. The van der Waals surface area contributed by atoms with Crippen LogP contribution in [0.3, 0.4) is 0 Å². The van der Waals surface area contributed by atoms with Gasteiger partial charge in [-0.15, -0.1) is 3.71 Å². The molecule has 1 aliphatic rings. The average Bonchev–Trinajstić information content (AvgIpc) is 2.59.